The Kier molecular flexibility index (Phi) is 6.91. The minimum atomic E-state index is -0.651. The van der Waals surface area contributed by atoms with Crippen LogP contribution in [0.3, 0.4) is 0 Å². The van der Waals surface area contributed by atoms with Crippen molar-refractivity contribution in [2.45, 2.75) is 13.3 Å². The second-order valence-corrected chi connectivity index (χ2v) is 7.49. The smallest absolute Gasteiger partial charge is 0.343 e. The molecule has 0 saturated carbocycles. The largest absolute Gasteiger partial charge is 0.493 e. The second kappa shape index (κ2) is 10.2. The van der Waals surface area contributed by atoms with Crippen LogP contribution in [0.15, 0.2) is 70.1 Å². The SMILES string of the molecule is CCc1ccc(Oc2coc3cc(OC(=O)c4cc(OC)c(OC)c(OC)c4)ccc3c2=O)cc1. The molecule has 1 heterocycles. The lowest BCUT2D eigenvalue weighted by Gasteiger charge is -2.13. The van der Waals surface area contributed by atoms with Gasteiger partial charge in [0.25, 0.3) is 0 Å². The highest BCUT2D eigenvalue weighted by Gasteiger charge is 2.19. The minimum Gasteiger partial charge on any atom is -0.493 e. The number of rotatable bonds is 8. The average molecular weight is 476 g/mol. The molecule has 35 heavy (non-hydrogen) atoms. The van der Waals surface area contributed by atoms with E-state index >= 15 is 0 Å². The van der Waals surface area contributed by atoms with Gasteiger partial charge in [-0.2, -0.15) is 0 Å². The van der Waals surface area contributed by atoms with Crippen molar-refractivity contribution >= 4 is 16.9 Å². The third-order valence-electron chi connectivity index (χ3n) is 5.38. The number of methoxy groups -OCH3 is 3. The molecule has 0 saturated heterocycles. The third kappa shape index (κ3) is 4.91. The summed E-state index contributed by atoms with van der Waals surface area (Å²) < 4.78 is 32.6. The lowest BCUT2D eigenvalue weighted by molar-refractivity contribution is 0.0734. The van der Waals surface area contributed by atoms with Crippen LogP contribution in [0.5, 0.6) is 34.5 Å². The van der Waals surface area contributed by atoms with Gasteiger partial charge in [-0.25, -0.2) is 4.79 Å². The van der Waals surface area contributed by atoms with Gasteiger partial charge in [0, 0.05) is 6.07 Å². The maximum Gasteiger partial charge on any atom is 0.343 e. The van der Waals surface area contributed by atoms with Crippen LogP contribution in [0.4, 0.5) is 0 Å². The van der Waals surface area contributed by atoms with Gasteiger partial charge < -0.3 is 28.1 Å². The summed E-state index contributed by atoms with van der Waals surface area (Å²) in [6.07, 6.45) is 2.15. The number of hydrogen-bond donors (Lipinski definition) is 0. The van der Waals surface area contributed by atoms with Gasteiger partial charge >= 0.3 is 5.97 Å². The first-order valence-electron chi connectivity index (χ1n) is 10.8. The van der Waals surface area contributed by atoms with E-state index in [0.29, 0.717) is 28.4 Å². The van der Waals surface area contributed by atoms with Crippen LogP contribution >= 0.6 is 0 Å². The predicted octanol–water partition coefficient (Wildman–Crippen LogP) is 5.39. The molecule has 4 rings (SSSR count). The molecule has 0 aliphatic rings. The van der Waals surface area contributed by atoms with E-state index in [1.54, 1.807) is 12.1 Å². The van der Waals surface area contributed by atoms with Crippen molar-refractivity contribution in [1.82, 2.24) is 0 Å². The molecule has 0 aliphatic heterocycles. The van der Waals surface area contributed by atoms with E-state index in [1.165, 1.54) is 57.9 Å². The fourth-order valence-electron chi connectivity index (χ4n) is 3.51. The summed E-state index contributed by atoms with van der Waals surface area (Å²) in [5.74, 6) is 1.14. The highest BCUT2D eigenvalue weighted by atomic mass is 16.5. The van der Waals surface area contributed by atoms with Crippen LogP contribution in [0.1, 0.15) is 22.8 Å². The van der Waals surface area contributed by atoms with E-state index in [9.17, 15) is 9.59 Å². The number of carbonyl (C=O) groups excluding carboxylic acids is 1. The molecule has 4 aromatic rings. The van der Waals surface area contributed by atoms with E-state index < -0.39 is 5.97 Å². The number of esters is 1. The molecule has 0 amide bonds. The highest BCUT2D eigenvalue weighted by Crippen LogP contribution is 2.38. The fraction of sp³-hybridized carbons (Fsp3) is 0.185. The standard InChI is InChI=1S/C27H24O8/c1-5-16-6-8-18(9-7-16)34-24-15-33-21-14-19(10-11-20(21)25(24)28)35-27(29)17-12-22(30-2)26(32-4)23(13-17)31-3/h6-15H,5H2,1-4H3. The molecule has 0 atom stereocenters. The number of hydrogen-bond acceptors (Lipinski definition) is 8. The molecule has 3 aromatic carbocycles. The van der Waals surface area contributed by atoms with Crippen molar-refractivity contribution in [3.63, 3.8) is 0 Å². The second-order valence-electron chi connectivity index (χ2n) is 7.49. The molecule has 0 fully saturated rings. The van der Waals surface area contributed by atoms with Crippen molar-refractivity contribution in [3.8, 4) is 34.5 Å². The molecule has 0 unspecified atom stereocenters. The summed E-state index contributed by atoms with van der Waals surface area (Å²) in [6.45, 7) is 2.06. The molecule has 8 heteroatoms. The molecule has 0 N–H and O–H groups in total. The van der Waals surface area contributed by atoms with E-state index in [-0.39, 0.29) is 28.1 Å². The van der Waals surface area contributed by atoms with Crippen molar-refractivity contribution in [3.05, 3.63) is 82.2 Å². The first-order valence-corrected chi connectivity index (χ1v) is 10.8. The Morgan fingerprint density at radius 2 is 1.49 bits per heavy atom. The van der Waals surface area contributed by atoms with Crippen molar-refractivity contribution < 1.29 is 32.9 Å². The summed E-state index contributed by atoms with van der Waals surface area (Å²) in [5, 5.41) is 0.292. The van der Waals surface area contributed by atoms with Crippen LogP contribution in [0.2, 0.25) is 0 Å². The highest BCUT2D eigenvalue weighted by molar-refractivity contribution is 5.93. The topological polar surface area (TPSA) is 93.4 Å². The number of aryl methyl sites for hydroxylation is 1. The van der Waals surface area contributed by atoms with Gasteiger partial charge in [0.1, 0.15) is 23.3 Å². The summed E-state index contributed by atoms with van der Waals surface area (Å²) in [5.41, 5.74) is 1.27. The van der Waals surface area contributed by atoms with Crippen molar-refractivity contribution in [1.29, 1.82) is 0 Å². The molecule has 0 bridgehead atoms. The van der Waals surface area contributed by atoms with Crippen LogP contribution in [-0.2, 0) is 6.42 Å². The molecule has 1 aromatic heterocycles. The summed E-state index contributed by atoms with van der Waals surface area (Å²) >= 11 is 0. The van der Waals surface area contributed by atoms with Crippen LogP contribution in [-0.4, -0.2) is 27.3 Å². The predicted molar refractivity (Wildman–Crippen MR) is 129 cm³/mol. The Hall–Kier alpha value is -4.46. The van der Waals surface area contributed by atoms with Gasteiger partial charge in [0.05, 0.1) is 32.3 Å². The maximum absolute atomic E-state index is 12.9. The zero-order valence-corrected chi connectivity index (χ0v) is 19.7. The molecular formula is C27H24O8. The van der Waals surface area contributed by atoms with Crippen molar-refractivity contribution in [2.24, 2.45) is 0 Å². The lowest BCUT2D eigenvalue weighted by Crippen LogP contribution is -2.10. The molecule has 0 aliphatic carbocycles. The first-order chi connectivity index (χ1) is 17.0. The number of fused-ring (bicyclic) bond motifs is 1. The Morgan fingerprint density at radius 3 is 2.09 bits per heavy atom. The third-order valence-corrected chi connectivity index (χ3v) is 5.38. The zero-order chi connectivity index (χ0) is 24.9. The molecule has 180 valence electrons. The average Bonchev–Trinajstić information content (AvgIpc) is 2.89. The summed E-state index contributed by atoms with van der Waals surface area (Å²) in [4.78, 5) is 25.6. The monoisotopic (exact) mass is 476 g/mol. The van der Waals surface area contributed by atoms with Gasteiger partial charge in [-0.1, -0.05) is 19.1 Å². The molecular weight excluding hydrogens is 452 g/mol. The van der Waals surface area contributed by atoms with Gasteiger partial charge in [-0.3, -0.25) is 4.79 Å². The summed E-state index contributed by atoms with van der Waals surface area (Å²) in [6, 6.07) is 14.9. The quantitative estimate of drug-likeness (QED) is 0.247. The zero-order valence-electron chi connectivity index (χ0n) is 19.7. The molecule has 0 spiro atoms. The van der Waals surface area contributed by atoms with Gasteiger partial charge in [-0.05, 0) is 48.4 Å². The van der Waals surface area contributed by atoms with Gasteiger partial charge in [0.15, 0.2) is 11.5 Å². The van der Waals surface area contributed by atoms with Crippen LogP contribution in [0.25, 0.3) is 11.0 Å². The Labute approximate surface area is 201 Å². The number of ether oxygens (including phenoxy) is 5. The van der Waals surface area contributed by atoms with Crippen LogP contribution in [0, 0.1) is 0 Å². The van der Waals surface area contributed by atoms with Crippen molar-refractivity contribution in [2.75, 3.05) is 21.3 Å². The normalized spacial score (nSPS) is 10.6. The van der Waals surface area contributed by atoms with E-state index in [2.05, 4.69) is 6.92 Å². The minimum absolute atomic E-state index is 0.0592. The maximum atomic E-state index is 12.9. The van der Waals surface area contributed by atoms with Crippen LogP contribution < -0.4 is 29.1 Å². The van der Waals surface area contributed by atoms with Gasteiger partial charge in [-0.15, -0.1) is 0 Å². The van der Waals surface area contributed by atoms with E-state index in [4.69, 9.17) is 28.1 Å². The Morgan fingerprint density at radius 1 is 0.829 bits per heavy atom. The summed E-state index contributed by atoms with van der Waals surface area (Å²) in [7, 11) is 4.38. The fourth-order valence-corrected chi connectivity index (χ4v) is 3.51. The number of carbonyl (C=O) groups is 1. The van der Waals surface area contributed by atoms with Gasteiger partial charge in [0.2, 0.25) is 16.9 Å². The molecule has 0 radical (unpaired) electrons. The molecule has 8 nitrogen and oxygen atoms in total. The van der Waals surface area contributed by atoms with E-state index in [0.717, 1.165) is 12.0 Å². The lowest BCUT2D eigenvalue weighted by atomic mass is 10.1. The first kappa shape index (κ1) is 23.7. The van der Waals surface area contributed by atoms with E-state index in [1.807, 2.05) is 12.1 Å². The number of benzene rings is 3. The Bertz CT molecular complexity index is 1390. The Balaban J connectivity index is 1.58.